The Morgan fingerprint density at radius 1 is 1.67 bits per heavy atom. The molecule has 0 spiro atoms. The van der Waals surface area contributed by atoms with Crippen molar-refractivity contribution in [1.82, 2.24) is 0 Å². The number of nitriles is 1. The van der Waals surface area contributed by atoms with Gasteiger partial charge < -0.3 is 10.1 Å². The van der Waals surface area contributed by atoms with Crippen LogP contribution in [0.15, 0.2) is 18.2 Å². The second kappa shape index (κ2) is 5.23. The van der Waals surface area contributed by atoms with Gasteiger partial charge in [0.05, 0.1) is 18.4 Å². The molecule has 78 valence electrons. The average molecular weight is 225 g/mol. The van der Waals surface area contributed by atoms with Gasteiger partial charge >= 0.3 is 5.97 Å². The lowest BCUT2D eigenvalue weighted by Crippen LogP contribution is -2.15. The summed E-state index contributed by atoms with van der Waals surface area (Å²) in [5.74, 6) is -0.404. The number of hydrogen-bond donors (Lipinski definition) is 1. The van der Waals surface area contributed by atoms with Crippen molar-refractivity contribution < 1.29 is 9.53 Å². The number of carbonyl (C=O) groups excluding carboxylic acids is 1. The van der Waals surface area contributed by atoms with E-state index in [9.17, 15) is 4.79 Å². The number of ether oxygens (including phenoxy) is 1. The van der Waals surface area contributed by atoms with E-state index in [2.05, 4.69) is 10.1 Å². The van der Waals surface area contributed by atoms with Crippen LogP contribution in [0, 0.1) is 11.3 Å². The molecule has 5 heteroatoms. The van der Waals surface area contributed by atoms with Gasteiger partial charge in [-0.15, -0.1) is 0 Å². The predicted molar refractivity (Wildman–Crippen MR) is 56.7 cm³/mol. The molecule has 0 aliphatic carbocycles. The Bertz CT molecular complexity index is 412. The van der Waals surface area contributed by atoms with Crippen LogP contribution >= 0.6 is 11.6 Å². The third-order valence-electron chi connectivity index (χ3n) is 1.75. The maximum atomic E-state index is 10.9. The zero-order valence-electron chi connectivity index (χ0n) is 8.08. The number of benzene rings is 1. The van der Waals surface area contributed by atoms with Crippen LogP contribution < -0.4 is 5.32 Å². The monoisotopic (exact) mass is 224 g/mol. The number of halogens is 1. The number of anilines is 1. The van der Waals surface area contributed by atoms with E-state index < -0.39 is 5.97 Å². The Hall–Kier alpha value is -1.73. The van der Waals surface area contributed by atoms with Gasteiger partial charge in [-0.25, -0.2) is 0 Å². The van der Waals surface area contributed by atoms with E-state index in [0.29, 0.717) is 16.3 Å². The fourth-order valence-corrected chi connectivity index (χ4v) is 1.17. The third kappa shape index (κ3) is 3.15. The first-order valence-electron chi connectivity index (χ1n) is 4.17. The second-order valence-corrected chi connectivity index (χ2v) is 3.17. The van der Waals surface area contributed by atoms with E-state index in [-0.39, 0.29) is 6.54 Å². The fraction of sp³-hybridized carbons (Fsp3) is 0.200. The molecule has 0 aliphatic rings. The van der Waals surface area contributed by atoms with Crippen molar-refractivity contribution in [3.8, 4) is 6.07 Å². The van der Waals surface area contributed by atoms with Crippen LogP contribution in [0.2, 0.25) is 5.02 Å². The molecule has 0 saturated heterocycles. The van der Waals surface area contributed by atoms with E-state index in [4.69, 9.17) is 16.9 Å². The number of nitrogens with zero attached hydrogens (tertiary/aromatic N) is 1. The Kier molecular flexibility index (Phi) is 3.95. The molecule has 0 aliphatic heterocycles. The molecule has 0 unspecified atom stereocenters. The second-order valence-electron chi connectivity index (χ2n) is 2.73. The summed E-state index contributed by atoms with van der Waals surface area (Å²) in [5, 5.41) is 12.1. The van der Waals surface area contributed by atoms with Crippen LogP contribution in [0.3, 0.4) is 0 Å². The average Bonchev–Trinajstić information content (AvgIpc) is 2.26. The van der Waals surface area contributed by atoms with Gasteiger partial charge in [-0.2, -0.15) is 5.26 Å². The first kappa shape index (κ1) is 11.3. The summed E-state index contributed by atoms with van der Waals surface area (Å²) in [6.07, 6.45) is 0. The zero-order chi connectivity index (χ0) is 11.3. The van der Waals surface area contributed by atoms with Crippen molar-refractivity contribution in [3.63, 3.8) is 0 Å². The van der Waals surface area contributed by atoms with E-state index >= 15 is 0 Å². The minimum Gasteiger partial charge on any atom is -0.468 e. The topological polar surface area (TPSA) is 62.1 Å². The summed E-state index contributed by atoms with van der Waals surface area (Å²) >= 11 is 5.76. The zero-order valence-corrected chi connectivity index (χ0v) is 8.84. The lowest BCUT2D eigenvalue weighted by atomic mass is 10.2. The highest BCUT2D eigenvalue weighted by Gasteiger charge is 2.05. The van der Waals surface area contributed by atoms with Crippen LogP contribution in [0.4, 0.5) is 5.69 Å². The summed E-state index contributed by atoms with van der Waals surface area (Å²) < 4.78 is 4.46. The van der Waals surface area contributed by atoms with Crippen LogP contribution in [0.25, 0.3) is 0 Å². The molecule has 0 bridgehead atoms. The SMILES string of the molecule is COC(=O)CNc1cc(Cl)ccc1C#N. The summed E-state index contributed by atoms with van der Waals surface area (Å²) in [4.78, 5) is 10.9. The van der Waals surface area contributed by atoms with Crippen LogP contribution in [0.5, 0.6) is 0 Å². The molecule has 4 nitrogen and oxygen atoms in total. The molecule has 15 heavy (non-hydrogen) atoms. The quantitative estimate of drug-likeness (QED) is 0.796. The van der Waals surface area contributed by atoms with Crippen LogP contribution in [-0.4, -0.2) is 19.6 Å². The van der Waals surface area contributed by atoms with Gasteiger partial charge in [0.2, 0.25) is 0 Å². The molecule has 0 amide bonds. The minimum absolute atomic E-state index is 0.00548. The maximum Gasteiger partial charge on any atom is 0.325 e. The molecule has 1 N–H and O–H groups in total. The maximum absolute atomic E-state index is 10.9. The van der Waals surface area contributed by atoms with Crippen molar-refractivity contribution >= 4 is 23.3 Å². The normalized spacial score (nSPS) is 9.13. The lowest BCUT2D eigenvalue weighted by Gasteiger charge is -2.06. The van der Waals surface area contributed by atoms with Crippen molar-refractivity contribution in [1.29, 1.82) is 5.26 Å². The summed E-state index contributed by atoms with van der Waals surface area (Å²) in [7, 11) is 1.30. The molecule has 0 fully saturated rings. The van der Waals surface area contributed by atoms with Crippen molar-refractivity contribution in [3.05, 3.63) is 28.8 Å². The van der Waals surface area contributed by atoms with Crippen molar-refractivity contribution in [2.45, 2.75) is 0 Å². The van der Waals surface area contributed by atoms with Gasteiger partial charge in [0, 0.05) is 5.02 Å². The highest BCUT2D eigenvalue weighted by Crippen LogP contribution is 2.19. The Balaban J connectivity index is 2.80. The molecular weight excluding hydrogens is 216 g/mol. The highest BCUT2D eigenvalue weighted by atomic mass is 35.5. The summed E-state index contributed by atoms with van der Waals surface area (Å²) in [6.45, 7) is 0.00548. The third-order valence-corrected chi connectivity index (χ3v) is 1.99. The number of rotatable bonds is 3. The van der Waals surface area contributed by atoms with E-state index in [1.165, 1.54) is 7.11 Å². The van der Waals surface area contributed by atoms with Crippen molar-refractivity contribution in [2.24, 2.45) is 0 Å². The smallest absolute Gasteiger partial charge is 0.325 e. The molecule has 0 saturated carbocycles. The van der Waals surface area contributed by atoms with E-state index in [0.717, 1.165) is 0 Å². The lowest BCUT2D eigenvalue weighted by molar-refractivity contribution is -0.138. The van der Waals surface area contributed by atoms with Gasteiger partial charge in [-0.3, -0.25) is 4.79 Å². The fourth-order valence-electron chi connectivity index (χ4n) is 1.000. The summed E-state index contributed by atoms with van der Waals surface area (Å²) in [5.41, 5.74) is 0.957. The number of hydrogen-bond acceptors (Lipinski definition) is 4. The number of carbonyl (C=O) groups is 1. The number of esters is 1. The first-order chi connectivity index (χ1) is 7.17. The molecule has 0 heterocycles. The molecule has 1 aromatic carbocycles. The number of nitrogens with one attached hydrogen (secondary N) is 1. The Labute approximate surface area is 92.4 Å². The first-order valence-corrected chi connectivity index (χ1v) is 4.55. The Morgan fingerprint density at radius 2 is 2.40 bits per heavy atom. The largest absolute Gasteiger partial charge is 0.468 e. The van der Waals surface area contributed by atoms with Gasteiger partial charge in [0.1, 0.15) is 12.6 Å². The Morgan fingerprint density at radius 3 is 3.00 bits per heavy atom. The molecule has 0 radical (unpaired) electrons. The standard InChI is InChI=1S/C10H9ClN2O2/c1-15-10(14)6-13-9-4-8(11)3-2-7(9)5-12/h2-4,13H,6H2,1H3. The molecule has 1 aromatic rings. The van der Waals surface area contributed by atoms with Crippen molar-refractivity contribution in [2.75, 3.05) is 19.0 Å². The molecular formula is C10H9ClN2O2. The van der Waals surface area contributed by atoms with Gasteiger partial charge in [-0.1, -0.05) is 11.6 Å². The molecule has 0 atom stereocenters. The molecule has 0 aromatic heterocycles. The number of methoxy groups -OCH3 is 1. The molecule has 1 rings (SSSR count). The van der Waals surface area contributed by atoms with E-state index in [1.54, 1.807) is 18.2 Å². The van der Waals surface area contributed by atoms with E-state index in [1.807, 2.05) is 6.07 Å². The van der Waals surface area contributed by atoms with Gasteiger partial charge in [-0.05, 0) is 18.2 Å². The van der Waals surface area contributed by atoms with Crippen LogP contribution in [-0.2, 0) is 9.53 Å². The van der Waals surface area contributed by atoms with Crippen LogP contribution in [0.1, 0.15) is 5.56 Å². The van der Waals surface area contributed by atoms with Gasteiger partial charge in [0.25, 0.3) is 0 Å². The predicted octanol–water partition coefficient (Wildman–Crippen LogP) is 1.80. The van der Waals surface area contributed by atoms with Gasteiger partial charge in [0.15, 0.2) is 0 Å². The highest BCUT2D eigenvalue weighted by molar-refractivity contribution is 6.30. The minimum atomic E-state index is -0.404. The summed E-state index contributed by atoms with van der Waals surface area (Å²) in [6, 6.07) is 6.78.